The van der Waals surface area contributed by atoms with E-state index in [1.807, 2.05) is 29.2 Å². The minimum absolute atomic E-state index is 0.163. The van der Waals surface area contributed by atoms with Crippen molar-refractivity contribution in [2.24, 2.45) is 0 Å². The van der Waals surface area contributed by atoms with E-state index in [4.69, 9.17) is 4.42 Å². The number of furan rings is 1. The largest absolute Gasteiger partial charge is 0.444 e. The van der Waals surface area contributed by atoms with E-state index >= 15 is 0 Å². The quantitative estimate of drug-likeness (QED) is 0.648. The van der Waals surface area contributed by atoms with Crippen molar-refractivity contribution in [3.05, 3.63) is 52.4 Å². The summed E-state index contributed by atoms with van der Waals surface area (Å²) in [6.45, 7) is 8.22. The predicted molar refractivity (Wildman–Crippen MR) is 123 cm³/mol. The van der Waals surface area contributed by atoms with Crippen LogP contribution in [0.1, 0.15) is 29.0 Å². The van der Waals surface area contributed by atoms with Gasteiger partial charge in [-0.3, -0.25) is 14.5 Å². The molecule has 1 N–H and O–H groups in total. The zero-order valence-electron chi connectivity index (χ0n) is 17.7. The molecule has 2 saturated heterocycles. The first-order valence-electron chi connectivity index (χ1n) is 10.9. The van der Waals surface area contributed by atoms with Crippen molar-refractivity contribution in [2.45, 2.75) is 19.3 Å². The number of amides is 2. The van der Waals surface area contributed by atoms with Crippen molar-refractivity contribution in [2.75, 3.05) is 57.7 Å². The van der Waals surface area contributed by atoms with Crippen LogP contribution in [0.2, 0.25) is 0 Å². The Morgan fingerprint density at radius 1 is 0.871 bits per heavy atom. The van der Waals surface area contributed by atoms with Crippen LogP contribution in [-0.4, -0.2) is 78.9 Å². The lowest BCUT2D eigenvalue weighted by molar-refractivity contribution is -0.132. The highest BCUT2D eigenvalue weighted by molar-refractivity contribution is 9.10. The van der Waals surface area contributed by atoms with E-state index in [1.165, 1.54) is 25.9 Å². The predicted octanol–water partition coefficient (Wildman–Crippen LogP) is 3.08. The highest BCUT2D eigenvalue weighted by Crippen LogP contribution is 2.17. The van der Waals surface area contributed by atoms with Crippen LogP contribution >= 0.6 is 15.9 Å². The smallest absolute Gasteiger partial charge is 0.291 e. The van der Waals surface area contributed by atoms with E-state index in [2.05, 4.69) is 31.0 Å². The Kier molecular flexibility index (Phi) is 7.42. The van der Waals surface area contributed by atoms with Gasteiger partial charge < -0.3 is 19.5 Å². The molecule has 0 aliphatic carbocycles. The number of carbonyl (C=O) groups is 2. The summed E-state index contributed by atoms with van der Waals surface area (Å²) >= 11 is 3.19. The Bertz CT molecular complexity index is 884. The summed E-state index contributed by atoms with van der Waals surface area (Å²) < 4.78 is 5.77. The Labute approximate surface area is 191 Å². The first kappa shape index (κ1) is 22.0. The second-order valence-corrected chi connectivity index (χ2v) is 8.98. The summed E-state index contributed by atoms with van der Waals surface area (Å²) in [7, 11) is 0. The average molecular weight is 489 g/mol. The number of hydrogen-bond acceptors (Lipinski definition) is 5. The van der Waals surface area contributed by atoms with Crippen molar-refractivity contribution < 1.29 is 14.0 Å². The molecule has 0 bridgehead atoms. The topological polar surface area (TPSA) is 69.0 Å². The summed E-state index contributed by atoms with van der Waals surface area (Å²) in [5.74, 6) is 0.0965. The molecule has 0 spiro atoms. The van der Waals surface area contributed by atoms with Gasteiger partial charge in [-0.25, -0.2) is 0 Å². The van der Waals surface area contributed by atoms with E-state index in [0.717, 1.165) is 44.8 Å². The normalized spacial score (nSPS) is 17.8. The number of benzene rings is 1. The average Bonchev–Trinajstić information content (AvgIpc) is 3.46. The molecular weight excluding hydrogens is 460 g/mol. The molecule has 4 rings (SSSR count). The molecule has 0 atom stereocenters. The Hall–Kier alpha value is -2.16. The molecule has 0 radical (unpaired) electrons. The standard InChI is InChI=1S/C23H29BrN4O3/c24-21-8-7-20(31-21)23(30)25-19-5-3-18(4-6-19)17-22(29)28-15-13-27(14-16-28)12-11-26-9-1-2-10-26/h3-8H,1-2,9-17H2,(H,25,30). The van der Waals surface area contributed by atoms with Gasteiger partial charge in [0.1, 0.15) is 0 Å². The van der Waals surface area contributed by atoms with Crippen LogP contribution in [0.5, 0.6) is 0 Å². The number of hydrogen-bond donors (Lipinski definition) is 1. The molecule has 0 unspecified atom stereocenters. The summed E-state index contributed by atoms with van der Waals surface area (Å²) in [6, 6.07) is 10.7. The first-order chi connectivity index (χ1) is 15.1. The van der Waals surface area contributed by atoms with Crippen molar-refractivity contribution in [1.29, 1.82) is 0 Å². The van der Waals surface area contributed by atoms with Gasteiger partial charge in [-0.1, -0.05) is 12.1 Å². The molecule has 166 valence electrons. The molecular formula is C23H29BrN4O3. The van der Waals surface area contributed by atoms with E-state index < -0.39 is 0 Å². The maximum Gasteiger partial charge on any atom is 0.291 e. The molecule has 3 heterocycles. The van der Waals surface area contributed by atoms with Crippen LogP contribution in [0.3, 0.4) is 0 Å². The Balaban J connectivity index is 1.20. The second-order valence-electron chi connectivity index (χ2n) is 8.20. The van der Waals surface area contributed by atoms with E-state index in [9.17, 15) is 9.59 Å². The van der Waals surface area contributed by atoms with E-state index in [-0.39, 0.29) is 17.6 Å². The number of nitrogens with zero attached hydrogens (tertiary/aromatic N) is 3. The van der Waals surface area contributed by atoms with Crippen LogP contribution in [0.25, 0.3) is 0 Å². The molecule has 31 heavy (non-hydrogen) atoms. The lowest BCUT2D eigenvalue weighted by Crippen LogP contribution is -2.50. The van der Waals surface area contributed by atoms with Gasteiger partial charge in [0.2, 0.25) is 5.91 Å². The first-order valence-corrected chi connectivity index (χ1v) is 11.7. The van der Waals surface area contributed by atoms with Crippen LogP contribution in [-0.2, 0) is 11.2 Å². The zero-order chi connectivity index (χ0) is 21.6. The van der Waals surface area contributed by atoms with Crippen molar-refractivity contribution in [1.82, 2.24) is 14.7 Å². The van der Waals surface area contributed by atoms with Crippen molar-refractivity contribution >= 4 is 33.4 Å². The number of rotatable bonds is 7. The monoisotopic (exact) mass is 488 g/mol. The maximum absolute atomic E-state index is 12.7. The van der Waals surface area contributed by atoms with Gasteiger partial charge in [0, 0.05) is 45.0 Å². The van der Waals surface area contributed by atoms with Gasteiger partial charge in [-0.05, 0) is 71.7 Å². The molecule has 2 fully saturated rings. The lowest BCUT2D eigenvalue weighted by Gasteiger charge is -2.35. The highest BCUT2D eigenvalue weighted by Gasteiger charge is 2.22. The number of anilines is 1. The van der Waals surface area contributed by atoms with E-state index in [1.54, 1.807) is 12.1 Å². The zero-order valence-corrected chi connectivity index (χ0v) is 19.3. The van der Waals surface area contributed by atoms with Crippen LogP contribution in [0.4, 0.5) is 5.69 Å². The fourth-order valence-corrected chi connectivity index (χ4v) is 4.44. The molecule has 8 heteroatoms. The minimum Gasteiger partial charge on any atom is -0.444 e. The molecule has 1 aromatic heterocycles. The second kappa shape index (κ2) is 10.4. The third kappa shape index (κ3) is 6.18. The van der Waals surface area contributed by atoms with Crippen molar-refractivity contribution in [3.8, 4) is 0 Å². The summed E-state index contributed by atoms with van der Waals surface area (Å²) in [6.07, 6.45) is 3.04. The Morgan fingerprint density at radius 3 is 2.13 bits per heavy atom. The SMILES string of the molecule is O=C(Nc1ccc(CC(=O)N2CCN(CCN3CCCC3)CC2)cc1)c1ccc(Br)o1. The van der Waals surface area contributed by atoms with Crippen LogP contribution in [0.15, 0.2) is 45.5 Å². The Morgan fingerprint density at radius 2 is 1.52 bits per heavy atom. The third-order valence-corrected chi connectivity index (χ3v) is 6.45. The summed E-state index contributed by atoms with van der Waals surface area (Å²) in [5.41, 5.74) is 1.61. The number of likely N-dealkylation sites (tertiary alicyclic amines) is 1. The molecule has 7 nitrogen and oxygen atoms in total. The molecule has 2 amide bonds. The molecule has 1 aromatic carbocycles. The number of halogens is 1. The summed E-state index contributed by atoms with van der Waals surface area (Å²) in [4.78, 5) is 31.8. The minimum atomic E-state index is -0.308. The molecule has 2 aromatic rings. The van der Waals surface area contributed by atoms with E-state index in [0.29, 0.717) is 16.8 Å². The maximum atomic E-state index is 12.7. The molecule has 2 aliphatic rings. The van der Waals surface area contributed by atoms with Gasteiger partial charge in [0.25, 0.3) is 5.91 Å². The van der Waals surface area contributed by atoms with Crippen LogP contribution < -0.4 is 5.32 Å². The van der Waals surface area contributed by atoms with Gasteiger partial charge >= 0.3 is 0 Å². The number of nitrogens with one attached hydrogen (secondary N) is 1. The van der Waals surface area contributed by atoms with Gasteiger partial charge in [-0.2, -0.15) is 0 Å². The van der Waals surface area contributed by atoms with Gasteiger partial charge in [0.15, 0.2) is 10.4 Å². The van der Waals surface area contributed by atoms with Crippen molar-refractivity contribution in [3.63, 3.8) is 0 Å². The third-order valence-electron chi connectivity index (χ3n) is 6.02. The highest BCUT2D eigenvalue weighted by atomic mass is 79.9. The fourth-order valence-electron chi connectivity index (χ4n) is 4.13. The summed E-state index contributed by atoms with van der Waals surface area (Å²) in [5, 5.41) is 2.79. The number of piperazine rings is 1. The lowest BCUT2D eigenvalue weighted by atomic mass is 10.1. The molecule has 2 aliphatic heterocycles. The fraction of sp³-hybridized carbons (Fsp3) is 0.478. The van der Waals surface area contributed by atoms with Gasteiger partial charge in [-0.15, -0.1) is 0 Å². The van der Waals surface area contributed by atoms with Crippen LogP contribution in [0, 0.1) is 0 Å². The number of carbonyl (C=O) groups excluding carboxylic acids is 2. The molecule has 0 saturated carbocycles. The van der Waals surface area contributed by atoms with Gasteiger partial charge in [0.05, 0.1) is 6.42 Å².